The van der Waals surface area contributed by atoms with Gasteiger partial charge < -0.3 is 14.2 Å². The lowest BCUT2D eigenvalue weighted by molar-refractivity contribution is -0.129. The molecule has 0 saturated heterocycles. The third-order valence-electron chi connectivity index (χ3n) is 4.47. The first-order valence-corrected chi connectivity index (χ1v) is 10.4. The zero-order valence-corrected chi connectivity index (χ0v) is 18.6. The van der Waals surface area contributed by atoms with Gasteiger partial charge in [0.2, 0.25) is 0 Å². The smallest absolute Gasteiger partial charge is 0.336 e. The van der Waals surface area contributed by atoms with Crippen molar-refractivity contribution in [2.24, 2.45) is 5.10 Å². The second-order valence-electron chi connectivity index (χ2n) is 6.90. The number of carbonyl (C=O) groups is 2. The molecule has 0 unspecified atom stereocenters. The highest BCUT2D eigenvalue weighted by Gasteiger charge is 2.09. The summed E-state index contributed by atoms with van der Waals surface area (Å²) in [6.07, 6.45) is 6.12. The third-order valence-corrected chi connectivity index (χ3v) is 4.47. The van der Waals surface area contributed by atoms with E-state index >= 15 is 0 Å². The van der Waals surface area contributed by atoms with Crippen LogP contribution in [0.25, 0.3) is 6.08 Å². The van der Waals surface area contributed by atoms with Crippen molar-refractivity contribution in [3.63, 3.8) is 0 Å². The van der Waals surface area contributed by atoms with E-state index in [2.05, 4.69) is 17.1 Å². The molecule has 0 saturated carbocycles. The molecule has 7 heteroatoms. The van der Waals surface area contributed by atoms with Gasteiger partial charge in [-0.2, -0.15) is 5.10 Å². The summed E-state index contributed by atoms with van der Waals surface area (Å²) in [6, 6.07) is 21.0. The SMILES string of the molecule is C=CCOc1ccc(C(=O)N/N=C/c2ccc(OC(=O)/C=C/c3ccccc3)c(OC)c2)cc1. The molecule has 7 nitrogen and oxygen atoms in total. The summed E-state index contributed by atoms with van der Waals surface area (Å²) in [5, 5.41) is 3.98. The highest BCUT2D eigenvalue weighted by Crippen LogP contribution is 2.27. The van der Waals surface area contributed by atoms with E-state index in [1.165, 1.54) is 19.4 Å². The van der Waals surface area contributed by atoms with Crippen LogP contribution in [0.5, 0.6) is 17.2 Å². The third kappa shape index (κ3) is 7.20. The van der Waals surface area contributed by atoms with Gasteiger partial charge in [-0.25, -0.2) is 10.2 Å². The first-order chi connectivity index (χ1) is 16.6. The molecule has 0 aromatic heterocycles. The van der Waals surface area contributed by atoms with Crippen molar-refractivity contribution in [2.45, 2.75) is 0 Å². The van der Waals surface area contributed by atoms with Gasteiger partial charge in [0.15, 0.2) is 11.5 Å². The molecule has 3 rings (SSSR count). The van der Waals surface area contributed by atoms with Gasteiger partial charge in [-0.05, 0) is 59.7 Å². The molecular weight excluding hydrogens is 432 g/mol. The Kier molecular flexibility index (Phi) is 8.76. The van der Waals surface area contributed by atoms with Crippen LogP contribution in [0.1, 0.15) is 21.5 Å². The topological polar surface area (TPSA) is 86.2 Å². The second-order valence-corrected chi connectivity index (χ2v) is 6.90. The summed E-state index contributed by atoms with van der Waals surface area (Å²) in [5.74, 6) is 0.367. The van der Waals surface area contributed by atoms with Gasteiger partial charge in [-0.1, -0.05) is 43.0 Å². The summed E-state index contributed by atoms with van der Waals surface area (Å²) in [4.78, 5) is 24.4. The predicted octanol–water partition coefficient (Wildman–Crippen LogP) is 4.64. The van der Waals surface area contributed by atoms with Crippen LogP contribution < -0.4 is 19.6 Å². The van der Waals surface area contributed by atoms with Crippen molar-refractivity contribution in [1.29, 1.82) is 0 Å². The molecule has 0 aliphatic rings. The van der Waals surface area contributed by atoms with Crippen LogP contribution in [0.2, 0.25) is 0 Å². The molecule has 3 aromatic rings. The number of hydrazone groups is 1. The second kappa shape index (κ2) is 12.4. The van der Waals surface area contributed by atoms with Crippen molar-refractivity contribution in [1.82, 2.24) is 5.43 Å². The predicted molar refractivity (Wildman–Crippen MR) is 131 cm³/mol. The molecule has 0 bridgehead atoms. The van der Waals surface area contributed by atoms with Crippen LogP contribution in [0.3, 0.4) is 0 Å². The highest BCUT2D eigenvalue weighted by atomic mass is 16.6. The zero-order chi connectivity index (χ0) is 24.2. The number of methoxy groups -OCH3 is 1. The van der Waals surface area contributed by atoms with Gasteiger partial charge in [0.05, 0.1) is 13.3 Å². The minimum Gasteiger partial charge on any atom is -0.493 e. The van der Waals surface area contributed by atoms with Crippen molar-refractivity contribution >= 4 is 24.2 Å². The Morgan fingerprint density at radius 1 is 0.971 bits per heavy atom. The molecule has 0 atom stereocenters. The summed E-state index contributed by atoms with van der Waals surface area (Å²) < 4.78 is 16.1. The van der Waals surface area contributed by atoms with Crippen LogP contribution in [-0.2, 0) is 4.79 Å². The number of rotatable bonds is 10. The van der Waals surface area contributed by atoms with Gasteiger partial charge in [-0.15, -0.1) is 0 Å². The van der Waals surface area contributed by atoms with Crippen molar-refractivity contribution < 1.29 is 23.8 Å². The minimum absolute atomic E-state index is 0.269. The summed E-state index contributed by atoms with van der Waals surface area (Å²) >= 11 is 0. The molecule has 3 aromatic carbocycles. The molecule has 0 fully saturated rings. The molecule has 0 aliphatic carbocycles. The monoisotopic (exact) mass is 456 g/mol. The summed E-state index contributed by atoms with van der Waals surface area (Å²) in [7, 11) is 1.47. The number of nitrogens with one attached hydrogen (secondary N) is 1. The average Bonchev–Trinajstić information content (AvgIpc) is 2.87. The number of amides is 1. The van der Waals surface area contributed by atoms with Gasteiger partial charge in [0.1, 0.15) is 12.4 Å². The number of hydrogen-bond acceptors (Lipinski definition) is 6. The maximum absolute atomic E-state index is 12.3. The number of benzene rings is 3. The number of carbonyl (C=O) groups excluding carboxylic acids is 2. The fraction of sp³-hybridized carbons (Fsp3) is 0.0741. The van der Waals surface area contributed by atoms with Crippen molar-refractivity contribution in [3.8, 4) is 17.2 Å². The van der Waals surface area contributed by atoms with Gasteiger partial charge in [0.25, 0.3) is 5.91 Å². The Morgan fingerprint density at radius 3 is 2.44 bits per heavy atom. The van der Waals surface area contributed by atoms with E-state index in [0.29, 0.717) is 29.2 Å². The Balaban J connectivity index is 1.58. The Hall–Kier alpha value is -4.65. The first kappa shape index (κ1) is 24.0. The van der Waals surface area contributed by atoms with Gasteiger partial charge in [0, 0.05) is 11.6 Å². The van der Waals surface area contributed by atoms with E-state index in [0.717, 1.165) is 5.56 Å². The molecule has 34 heavy (non-hydrogen) atoms. The van der Waals surface area contributed by atoms with Crippen LogP contribution in [-0.4, -0.2) is 31.8 Å². The van der Waals surface area contributed by atoms with Crippen LogP contribution in [0.4, 0.5) is 0 Å². The van der Waals surface area contributed by atoms with Crippen molar-refractivity contribution in [2.75, 3.05) is 13.7 Å². The Labute approximate surface area is 198 Å². The minimum atomic E-state index is -0.531. The van der Waals surface area contributed by atoms with E-state index in [-0.39, 0.29) is 11.7 Å². The van der Waals surface area contributed by atoms with E-state index in [4.69, 9.17) is 14.2 Å². The summed E-state index contributed by atoms with van der Waals surface area (Å²) in [6.45, 7) is 3.98. The van der Waals surface area contributed by atoms with Gasteiger partial charge >= 0.3 is 5.97 Å². The normalized spacial score (nSPS) is 10.7. The number of esters is 1. The number of ether oxygens (including phenoxy) is 3. The van der Waals surface area contributed by atoms with Crippen LogP contribution in [0, 0.1) is 0 Å². The Morgan fingerprint density at radius 2 is 1.74 bits per heavy atom. The van der Waals surface area contributed by atoms with Crippen LogP contribution in [0.15, 0.2) is 96.6 Å². The fourth-order valence-corrected chi connectivity index (χ4v) is 2.81. The van der Waals surface area contributed by atoms with E-state index in [1.807, 2.05) is 30.3 Å². The molecule has 1 N–H and O–H groups in total. The van der Waals surface area contributed by atoms with Crippen LogP contribution >= 0.6 is 0 Å². The Bertz CT molecular complexity index is 1190. The summed E-state index contributed by atoms with van der Waals surface area (Å²) in [5.41, 5.74) is 4.43. The molecule has 0 heterocycles. The average molecular weight is 456 g/mol. The largest absolute Gasteiger partial charge is 0.493 e. The maximum Gasteiger partial charge on any atom is 0.336 e. The lowest BCUT2D eigenvalue weighted by Crippen LogP contribution is -2.17. The molecule has 0 radical (unpaired) electrons. The molecule has 0 aliphatic heterocycles. The zero-order valence-electron chi connectivity index (χ0n) is 18.6. The quantitative estimate of drug-likeness (QED) is 0.120. The number of hydrogen-bond donors (Lipinski definition) is 1. The lowest BCUT2D eigenvalue weighted by atomic mass is 10.2. The lowest BCUT2D eigenvalue weighted by Gasteiger charge is -2.08. The van der Waals surface area contributed by atoms with E-state index in [1.54, 1.807) is 54.6 Å². The standard InChI is InChI=1S/C27H24N2O5/c1-3-17-33-23-13-11-22(12-14-23)27(31)29-28-19-21-9-15-24(25(18-21)32-2)34-26(30)16-10-20-7-5-4-6-8-20/h3-16,18-19H,1,17H2,2H3,(H,29,31)/b16-10+,28-19+. The fourth-order valence-electron chi connectivity index (χ4n) is 2.81. The molecule has 172 valence electrons. The van der Waals surface area contributed by atoms with Crippen molar-refractivity contribution in [3.05, 3.63) is 108 Å². The number of nitrogens with zero attached hydrogens (tertiary/aromatic N) is 1. The van der Waals surface area contributed by atoms with E-state index in [9.17, 15) is 9.59 Å². The molecule has 0 spiro atoms. The van der Waals surface area contributed by atoms with E-state index < -0.39 is 5.97 Å². The first-order valence-electron chi connectivity index (χ1n) is 10.4. The molecular formula is C27H24N2O5. The van der Waals surface area contributed by atoms with Gasteiger partial charge in [-0.3, -0.25) is 4.79 Å². The maximum atomic E-state index is 12.3. The molecule has 1 amide bonds. The highest BCUT2D eigenvalue weighted by molar-refractivity contribution is 5.95.